The van der Waals surface area contributed by atoms with Gasteiger partial charge in [-0.15, -0.1) is 0 Å². The molecule has 5 atom stereocenters. The summed E-state index contributed by atoms with van der Waals surface area (Å²) in [4.78, 5) is 0. The van der Waals surface area contributed by atoms with Crippen LogP contribution in [-0.4, -0.2) is 72.8 Å². The summed E-state index contributed by atoms with van der Waals surface area (Å²) in [6, 6.07) is 22.3. The van der Waals surface area contributed by atoms with Crippen LogP contribution < -0.4 is 19.0 Å². The molecule has 0 saturated heterocycles. The Bertz CT molecular complexity index is 1650. The lowest BCUT2D eigenvalue weighted by molar-refractivity contribution is 0.121. The predicted octanol–water partition coefficient (Wildman–Crippen LogP) is 6.18. The molecule has 0 saturated carbocycles. The molecule has 11 nitrogen and oxygen atoms in total. The van der Waals surface area contributed by atoms with Crippen molar-refractivity contribution in [1.29, 1.82) is 0 Å². The quantitative estimate of drug-likeness (QED) is 0.0667. The van der Waals surface area contributed by atoms with E-state index < -0.39 is 21.2 Å². The summed E-state index contributed by atoms with van der Waals surface area (Å²) in [6.45, 7) is 0.795. The van der Waals surface area contributed by atoms with Crippen LogP contribution >= 0.6 is 21.2 Å². The van der Waals surface area contributed by atoms with Crippen LogP contribution in [0.5, 0.6) is 17.2 Å². The molecule has 0 aliphatic heterocycles. The smallest absolute Gasteiger partial charge is 0.207 e. The highest BCUT2D eigenvalue weighted by Gasteiger charge is 2.16. The van der Waals surface area contributed by atoms with Gasteiger partial charge in [0.15, 0.2) is 7.07 Å². The van der Waals surface area contributed by atoms with Crippen molar-refractivity contribution in [1.82, 2.24) is 19.8 Å². The second-order valence-electron chi connectivity index (χ2n) is 11.0. The van der Waals surface area contributed by atoms with E-state index in [0.29, 0.717) is 23.2 Å². The zero-order valence-electron chi connectivity index (χ0n) is 27.8. The van der Waals surface area contributed by atoms with Crippen molar-refractivity contribution < 1.29 is 23.4 Å². The van der Waals surface area contributed by atoms with Gasteiger partial charge in [0.25, 0.3) is 0 Å². The van der Waals surface area contributed by atoms with Gasteiger partial charge in [0, 0.05) is 34.8 Å². The van der Waals surface area contributed by atoms with Crippen molar-refractivity contribution in [3.8, 4) is 17.2 Å². The van der Waals surface area contributed by atoms with Gasteiger partial charge in [-0.2, -0.15) is 15.0 Å². The first-order valence-corrected chi connectivity index (χ1v) is 22.9. The molecular formula is C32H43N6O5P3S3. The Morgan fingerprint density at radius 1 is 0.735 bits per heavy atom. The normalized spacial score (nSPS) is 18.0. The van der Waals surface area contributed by atoms with E-state index in [1.807, 2.05) is 60.4 Å². The van der Waals surface area contributed by atoms with Crippen LogP contribution in [0.1, 0.15) is 29.5 Å². The number of hydrogen-bond acceptors (Lipinski definition) is 11. The first-order valence-electron chi connectivity index (χ1n) is 15.4. The number of aliphatic hydroxyl groups is 1. The van der Waals surface area contributed by atoms with Crippen LogP contribution in [0.15, 0.2) is 95.2 Å². The van der Waals surface area contributed by atoms with Crippen LogP contribution in [0.3, 0.4) is 0 Å². The summed E-state index contributed by atoms with van der Waals surface area (Å²) >= 11 is 16.8. The van der Waals surface area contributed by atoms with Gasteiger partial charge in [0.05, 0.1) is 25.1 Å². The maximum Gasteiger partial charge on any atom is 0.207 e. The number of ether oxygens (including phenoxy) is 1. The minimum absolute atomic E-state index is 0.0173. The molecule has 49 heavy (non-hydrogen) atoms. The summed E-state index contributed by atoms with van der Waals surface area (Å²) in [5.41, 5.74) is 5.98. The molecule has 1 aliphatic carbocycles. The second-order valence-corrected chi connectivity index (χ2v) is 18.3. The molecule has 0 fully saturated rings. The van der Waals surface area contributed by atoms with Gasteiger partial charge >= 0.3 is 0 Å². The Balaban J connectivity index is 1.18. The topological polar surface area (TPSA) is 104 Å². The van der Waals surface area contributed by atoms with Crippen LogP contribution in [-0.2, 0) is 46.8 Å². The van der Waals surface area contributed by atoms with E-state index in [0.717, 1.165) is 36.1 Å². The van der Waals surface area contributed by atoms with E-state index in [2.05, 4.69) is 27.8 Å². The molecule has 1 aliphatic rings. The largest absolute Gasteiger partial charge is 0.454 e. The van der Waals surface area contributed by atoms with Crippen LogP contribution in [0.2, 0.25) is 0 Å². The third-order valence-corrected chi connectivity index (χ3v) is 13.7. The number of hydrogen-bond donors (Lipinski definition) is 2. The Labute approximate surface area is 306 Å². The number of hydrazone groups is 2. The van der Waals surface area contributed by atoms with Crippen LogP contribution in [0.25, 0.3) is 0 Å². The Morgan fingerprint density at radius 3 is 1.63 bits per heavy atom. The molecule has 3 aromatic carbocycles. The number of rotatable bonds is 18. The molecule has 5 unspecified atom stereocenters. The number of hydrazine groups is 1. The van der Waals surface area contributed by atoms with Gasteiger partial charge in [0.2, 0.25) is 14.1 Å². The van der Waals surface area contributed by atoms with Crippen molar-refractivity contribution in [3.63, 3.8) is 0 Å². The number of nitrogens with zero attached hydrogens (tertiary/aromatic N) is 5. The summed E-state index contributed by atoms with van der Waals surface area (Å²) in [5, 5.41) is 18.1. The fraction of sp³-hybridized carbons (Fsp3) is 0.312. The van der Waals surface area contributed by atoms with Gasteiger partial charge in [0.1, 0.15) is 17.2 Å². The van der Waals surface area contributed by atoms with E-state index in [1.165, 1.54) is 0 Å². The first-order chi connectivity index (χ1) is 23.6. The fourth-order valence-corrected chi connectivity index (χ4v) is 7.63. The van der Waals surface area contributed by atoms with Crippen molar-refractivity contribution in [3.05, 3.63) is 102 Å². The van der Waals surface area contributed by atoms with E-state index in [4.69, 9.17) is 53.7 Å². The summed E-state index contributed by atoms with van der Waals surface area (Å²) < 4.78 is 28.5. The van der Waals surface area contributed by atoms with Gasteiger partial charge in [-0.05, 0) is 132 Å². The average molecular weight is 781 g/mol. The Morgan fingerprint density at radius 2 is 1.20 bits per heavy atom. The van der Waals surface area contributed by atoms with E-state index in [1.54, 1.807) is 67.5 Å². The Kier molecular flexibility index (Phi) is 16.4. The maximum absolute atomic E-state index is 9.19. The second kappa shape index (κ2) is 20.4. The zero-order valence-corrected chi connectivity index (χ0v) is 33.2. The summed E-state index contributed by atoms with van der Waals surface area (Å²) in [7, 11) is 1.95. The summed E-state index contributed by atoms with van der Waals surface area (Å²) in [5.74, 6) is 2.46. The first kappa shape index (κ1) is 39.3. The zero-order chi connectivity index (χ0) is 35.2. The van der Waals surface area contributed by atoms with Gasteiger partial charge in [-0.1, -0.05) is 24.3 Å². The number of benzene rings is 3. The van der Waals surface area contributed by atoms with Crippen molar-refractivity contribution in [2.45, 2.75) is 25.6 Å². The minimum atomic E-state index is -1.84. The van der Waals surface area contributed by atoms with Gasteiger partial charge in [-0.25, -0.2) is 15.0 Å². The third kappa shape index (κ3) is 13.3. The lowest BCUT2D eigenvalue weighted by Crippen LogP contribution is -2.34. The molecule has 0 bridgehead atoms. The van der Waals surface area contributed by atoms with E-state index >= 15 is 0 Å². The molecule has 3 aromatic rings. The third-order valence-electron chi connectivity index (χ3n) is 7.36. The molecule has 0 amide bonds. The Hall–Kier alpha value is -2.47. The van der Waals surface area contributed by atoms with Crippen molar-refractivity contribution in [2.75, 3.05) is 34.8 Å². The van der Waals surface area contributed by atoms with Gasteiger partial charge < -0.3 is 23.4 Å². The predicted molar refractivity (Wildman–Crippen MR) is 213 cm³/mol. The van der Waals surface area contributed by atoms with Gasteiger partial charge in [-0.3, -0.25) is 0 Å². The standard InChI is InChI=1S/C32H43N6O5P3S3/c1-36(33-21-25-5-13-29(40-4)14-6-25)44(47)41-30-15-7-26(8-16-30)22-34-37(2)45(48)42-31-17-9-27(10-18-31)23-35-38(3)46(49)43-32-19-11-28(24-39)12-20-32/h5,7-13,15-20,22-23,25,29,33,39,44-46H,6,14,21,24H2,1-4H3/b34-22+,35-23+. The number of aliphatic hydroxyl groups excluding tert-OH is 1. The maximum atomic E-state index is 9.19. The molecule has 0 aromatic heterocycles. The van der Waals surface area contributed by atoms with Crippen LogP contribution in [0.4, 0.5) is 0 Å². The highest BCUT2D eigenvalue weighted by atomic mass is 32.4. The molecule has 0 heterocycles. The molecule has 2 N–H and O–H groups in total. The SMILES string of the molecule is COC1C=CC(CNN(C)[PH](=S)Oc2ccc(/C=N/N(C)[PH](=S)Oc3ccc(/C=N/N(C)[PH](=S)Oc4ccc(CO)cc4)cc3)cc2)CC1. The molecule has 0 spiro atoms. The van der Waals surface area contributed by atoms with E-state index in [-0.39, 0.29) is 12.7 Å². The minimum Gasteiger partial charge on any atom is -0.454 e. The van der Waals surface area contributed by atoms with E-state index in [9.17, 15) is 5.11 Å². The molecule has 264 valence electrons. The lowest BCUT2D eigenvalue weighted by atomic mass is 9.94. The molecule has 17 heteroatoms. The number of nitrogens with one attached hydrogen (secondary N) is 1. The highest BCUT2D eigenvalue weighted by molar-refractivity contribution is 8.02. The lowest BCUT2D eigenvalue weighted by Gasteiger charge is -2.26. The molecule has 0 radical (unpaired) electrons. The summed E-state index contributed by atoms with van der Waals surface area (Å²) in [6.07, 6.45) is 10.1. The van der Waals surface area contributed by atoms with Crippen LogP contribution in [0, 0.1) is 5.92 Å². The molecule has 4 rings (SSSR count). The fourth-order valence-electron chi connectivity index (χ4n) is 4.35. The molecular weight excluding hydrogens is 738 g/mol. The average Bonchev–Trinajstić information content (AvgIpc) is 3.13. The highest BCUT2D eigenvalue weighted by Crippen LogP contribution is 2.33. The number of methoxy groups -OCH3 is 1. The van der Waals surface area contributed by atoms with Crippen molar-refractivity contribution >= 4 is 69.1 Å². The monoisotopic (exact) mass is 780 g/mol. The van der Waals surface area contributed by atoms with Crippen molar-refractivity contribution in [2.24, 2.45) is 16.1 Å².